The summed E-state index contributed by atoms with van der Waals surface area (Å²) < 4.78 is 7.04. The maximum absolute atomic E-state index is 11.5. The molecule has 0 radical (unpaired) electrons. The Hall–Kier alpha value is -2.74. The van der Waals surface area contributed by atoms with Gasteiger partial charge in [-0.25, -0.2) is 9.48 Å². The molecule has 2 rings (SSSR count). The summed E-state index contributed by atoms with van der Waals surface area (Å²) >= 11 is 0. The third-order valence-corrected chi connectivity index (χ3v) is 3.05. The van der Waals surface area contributed by atoms with E-state index in [1.165, 1.54) is 0 Å². The van der Waals surface area contributed by atoms with Crippen molar-refractivity contribution in [3.05, 3.63) is 47.3 Å². The quantitative estimate of drug-likeness (QED) is 0.861. The average Bonchev–Trinajstić information content (AvgIpc) is 2.81. The number of carbonyl (C=O) groups excluding carboxylic acids is 1. The minimum Gasteiger partial charge on any atom is -0.444 e. The van der Waals surface area contributed by atoms with E-state index in [1.807, 2.05) is 69.6 Å². The first-order valence-electron chi connectivity index (χ1n) is 7.84. The largest absolute Gasteiger partial charge is 0.444 e. The number of aromatic nitrogens is 2. The molecule has 0 fully saturated rings. The Bertz CT molecular complexity index is 789. The Kier molecular flexibility index (Phi) is 5.30. The number of alkyl carbamates (subject to hydrolysis) is 1. The molecular weight excluding hydrogens is 302 g/mol. The molecule has 0 unspecified atom stereocenters. The van der Waals surface area contributed by atoms with Crippen LogP contribution in [0.5, 0.6) is 0 Å². The van der Waals surface area contributed by atoms with E-state index in [1.54, 1.807) is 0 Å². The van der Waals surface area contributed by atoms with E-state index in [0.29, 0.717) is 0 Å². The predicted octanol–water partition coefficient (Wildman–Crippen LogP) is 3.37. The number of nitrogens with zero attached hydrogens (tertiary/aromatic N) is 2. The summed E-state index contributed by atoms with van der Waals surface area (Å²) in [7, 11) is 0. The Morgan fingerprint density at radius 1 is 1.29 bits per heavy atom. The van der Waals surface area contributed by atoms with E-state index in [9.17, 15) is 4.79 Å². The average molecular weight is 325 g/mol. The molecule has 0 spiro atoms. The first kappa shape index (κ1) is 17.6. The van der Waals surface area contributed by atoms with Gasteiger partial charge in [-0.15, -0.1) is 0 Å². The van der Waals surface area contributed by atoms with Crippen molar-refractivity contribution in [2.75, 3.05) is 6.54 Å². The monoisotopic (exact) mass is 325 g/mol. The molecule has 24 heavy (non-hydrogen) atoms. The molecule has 0 saturated heterocycles. The molecule has 2 aromatic rings. The van der Waals surface area contributed by atoms with Crippen LogP contribution in [0.25, 0.3) is 5.69 Å². The fourth-order valence-electron chi connectivity index (χ4n) is 2.18. The number of hydrogen-bond acceptors (Lipinski definition) is 3. The van der Waals surface area contributed by atoms with Gasteiger partial charge in [-0.3, -0.25) is 0 Å². The second-order valence-corrected chi connectivity index (χ2v) is 6.55. The Labute approximate surface area is 143 Å². The zero-order valence-corrected chi connectivity index (χ0v) is 14.8. The molecule has 5 heteroatoms. The van der Waals surface area contributed by atoms with Crippen LogP contribution in [0, 0.1) is 25.7 Å². The first-order valence-corrected chi connectivity index (χ1v) is 7.84. The maximum atomic E-state index is 11.5. The van der Waals surface area contributed by atoms with Gasteiger partial charge < -0.3 is 10.1 Å². The van der Waals surface area contributed by atoms with Gasteiger partial charge in [-0.05, 0) is 58.9 Å². The summed E-state index contributed by atoms with van der Waals surface area (Å²) in [4.78, 5) is 11.5. The van der Waals surface area contributed by atoms with Gasteiger partial charge in [0.25, 0.3) is 0 Å². The lowest BCUT2D eigenvalue weighted by Gasteiger charge is -2.19. The zero-order chi connectivity index (χ0) is 17.7. The SMILES string of the molecule is Cc1cc(C)n(-c2cccc(C#CCNC(=O)OC(C)(C)C)c2)n1. The second kappa shape index (κ2) is 7.22. The predicted molar refractivity (Wildman–Crippen MR) is 94.2 cm³/mol. The maximum Gasteiger partial charge on any atom is 0.408 e. The number of nitrogens with one attached hydrogen (secondary N) is 1. The van der Waals surface area contributed by atoms with Gasteiger partial charge >= 0.3 is 6.09 Å². The number of rotatable bonds is 2. The van der Waals surface area contributed by atoms with Crippen molar-refractivity contribution < 1.29 is 9.53 Å². The molecule has 126 valence electrons. The van der Waals surface area contributed by atoms with Crippen LogP contribution in [0.15, 0.2) is 30.3 Å². The number of ether oxygens (including phenoxy) is 1. The van der Waals surface area contributed by atoms with Crippen LogP contribution in [-0.4, -0.2) is 28.0 Å². The zero-order valence-electron chi connectivity index (χ0n) is 14.8. The van der Waals surface area contributed by atoms with Crippen LogP contribution < -0.4 is 5.32 Å². The minimum atomic E-state index is -0.508. The van der Waals surface area contributed by atoms with Gasteiger partial charge in [0.2, 0.25) is 0 Å². The number of carbonyl (C=O) groups is 1. The highest BCUT2D eigenvalue weighted by Gasteiger charge is 2.15. The summed E-state index contributed by atoms with van der Waals surface area (Å²) in [6.45, 7) is 9.69. The number of hydrogen-bond donors (Lipinski definition) is 1. The smallest absolute Gasteiger partial charge is 0.408 e. The van der Waals surface area contributed by atoms with Crippen LogP contribution in [0.3, 0.4) is 0 Å². The normalized spacial score (nSPS) is 10.7. The highest BCUT2D eigenvalue weighted by atomic mass is 16.6. The highest BCUT2D eigenvalue weighted by Crippen LogP contribution is 2.13. The Morgan fingerprint density at radius 3 is 2.67 bits per heavy atom. The molecule has 5 nitrogen and oxygen atoms in total. The molecule has 1 amide bonds. The summed E-state index contributed by atoms with van der Waals surface area (Å²) in [6.07, 6.45) is -0.465. The molecule has 1 aromatic heterocycles. The van der Waals surface area contributed by atoms with Crippen LogP contribution in [0.4, 0.5) is 4.79 Å². The van der Waals surface area contributed by atoms with Crippen LogP contribution >= 0.6 is 0 Å². The van der Waals surface area contributed by atoms with Crippen molar-refractivity contribution in [3.63, 3.8) is 0 Å². The fourth-order valence-corrected chi connectivity index (χ4v) is 2.18. The van der Waals surface area contributed by atoms with E-state index in [0.717, 1.165) is 22.6 Å². The van der Waals surface area contributed by atoms with E-state index in [2.05, 4.69) is 22.3 Å². The Morgan fingerprint density at radius 2 is 2.04 bits per heavy atom. The molecule has 1 aromatic carbocycles. The van der Waals surface area contributed by atoms with Gasteiger partial charge in [0.15, 0.2) is 0 Å². The van der Waals surface area contributed by atoms with Crippen molar-refractivity contribution >= 4 is 6.09 Å². The van der Waals surface area contributed by atoms with Crippen molar-refractivity contribution in [3.8, 4) is 17.5 Å². The first-order chi connectivity index (χ1) is 11.2. The third-order valence-electron chi connectivity index (χ3n) is 3.05. The van der Waals surface area contributed by atoms with E-state index < -0.39 is 11.7 Å². The van der Waals surface area contributed by atoms with Crippen molar-refractivity contribution in [2.45, 2.75) is 40.2 Å². The molecule has 0 saturated carbocycles. The standard InChI is InChI=1S/C19H23N3O2/c1-14-12-15(2)22(21-14)17-10-6-8-16(13-17)9-7-11-20-18(23)24-19(3,4)5/h6,8,10,12-13H,11H2,1-5H3,(H,20,23). The van der Waals surface area contributed by atoms with E-state index in [4.69, 9.17) is 4.74 Å². The van der Waals surface area contributed by atoms with Crippen molar-refractivity contribution in [1.82, 2.24) is 15.1 Å². The van der Waals surface area contributed by atoms with Crippen molar-refractivity contribution in [2.24, 2.45) is 0 Å². The van der Waals surface area contributed by atoms with E-state index >= 15 is 0 Å². The van der Waals surface area contributed by atoms with Crippen LogP contribution in [0.2, 0.25) is 0 Å². The molecule has 0 aliphatic rings. The molecule has 0 atom stereocenters. The fraction of sp³-hybridized carbons (Fsp3) is 0.368. The van der Waals surface area contributed by atoms with Crippen LogP contribution in [0.1, 0.15) is 37.7 Å². The molecule has 1 heterocycles. The van der Waals surface area contributed by atoms with Gasteiger partial charge in [-0.2, -0.15) is 5.10 Å². The molecule has 0 aliphatic heterocycles. The summed E-state index contributed by atoms with van der Waals surface area (Å²) in [5, 5.41) is 7.09. The molecular formula is C19H23N3O2. The third kappa shape index (κ3) is 5.17. The van der Waals surface area contributed by atoms with Crippen LogP contribution in [-0.2, 0) is 4.74 Å². The number of amides is 1. The number of aryl methyl sites for hydroxylation is 2. The lowest BCUT2D eigenvalue weighted by atomic mass is 10.2. The molecule has 0 aliphatic carbocycles. The van der Waals surface area contributed by atoms with Gasteiger partial charge in [0.05, 0.1) is 17.9 Å². The summed E-state index contributed by atoms with van der Waals surface area (Å²) in [5.41, 5.74) is 3.37. The van der Waals surface area contributed by atoms with E-state index in [-0.39, 0.29) is 6.54 Å². The highest BCUT2D eigenvalue weighted by molar-refractivity contribution is 5.68. The summed E-state index contributed by atoms with van der Waals surface area (Å²) in [5.74, 6) is 5.96. The van der Waals surface area contributed by atoms with Gasteiger partial charge in [0.1, 0.15) is 5.60 Å². The number of benzene rings is 1. The summed E-state index contributed by atoms with van der Waals surface area (Å²) in [6, 6.07) is 9.86. The van der Waals surface area contributed by atoms with Crippen molar-refractivity contribution in [1.29, 1.82) is 0 Å². The molecule has 1 N–H and O–H groups in total. The topological polar surface area (TPSA) is 56.2 Å². The van der Waals surface area contributed by atoms with Gasteiger partial charge in [0, 0.05) is 11.3 Å². The lowest BCUT2D eigenvalue weighted by molar-refractivity contribution is 0.0535. The minimum absolute atomic E-state index is 0.235. The second-order valence-electron chi connectivity index (χ2n) is 6.55. The lowest BCUT2D eigenvalue weighted by Crippen LogP contribution is -2.32. The Balaban J connectivity index is 2.01. The molecule has 0 bridgehead atoms. The van der Waals surface area contributed by atoms with Gasteiger partial charge in [-0.1, -0.05) is 17.9 Å².